The third-order valence-electron chi connectivity index (χ3n) is 7.61. The Hall–Kier alpha value is -0.900. The van der Waals surface area contributed by atoms with Gasteiger partial charge < -0.3 is 9.80 Å². The standard InChI is InChI=1S/C15H23N.C10H21N.C9H19N/c1-15(2,3)9-14-11-16(12-14)10-13-7-5-4-6-8-13;1-10(2,3)7-9-5-6-11(4)8-9;1-9(2,3)5-8-6-10(4)7-8/h4-8,14H,9-12H2,1-3H3;9H,5-8H2,1-4H3;8H,5-7H2,1-4H3. The van der Waals surface area contributed by atoms with Crippen molar-refractivity contribution in [3.05, 3.63) is 35.9 Å². The summed E-state index contributed by atoms with van der Waals surface area (Å²) in [6.45, 7) is 30.0. The monoisotopic (exact) mass is 514 g/mol. The molecule has 3 heterocycles. The van der Waals surface area contributed by atoms with E-state index in [9.17, 15) is 0 Å². The predicted molar refractivity (Wildman–Crippen MR) is 164 cm³/mol. The average Bonchev–Trinajstić information content (AvgIpc) is 3.08. The topological polar surface area (TPSA) is 9.72 Å². The van der Waals surface area contributed by atoms with Gasteiger partial charge in [0.1, 0.15) is 0 Å². The zero-order chi connectivity index (χ0) is 27.9. The van der Waals surface area contributed by atoms with Crippen LogP contribution in [0.5, 0.6) is 0 Å². The maximum atomic E-state index is 2.55. The molecule has 3 saturated heterocycles. The Morgan fingerprint density at radius 1 is 0.595 bits per heavy atom. The van der Waals surface area contributed by atoms with Crippen molar-refractivity contribution in [2.24, 2.45) is 34.0 Å². The van der Waals surface area contributed by atoms with Gasteiger partial charge in [0.15, 0.2) is 0 Å². The van der Waals surface area contributed by atoms with Crippen LogP contribution in [0.25, 0.3) is 0 Å². The summed E-state index contributed by atoms with van der Waals surface area (Å²) in [5, 5.41) is 0. The molecule has 0 saturated carbocycles. The first-order chi connectivity index (χ1) is 17.0. The van der Waals surface area contributed by atoms with Crippen LogP contribution < -0.4 is 0 Å². The van der Waals surface area contributed by atoms with E-state index in [4.69, 9.17) is 0 Å². The Morgan fingerprint density at radius 2 is 1.03 bits per heavy atom. The van der Waals surface area contributed by atoms with Gasteiger partial charge in [-0.15, -0.1) is 0 Å². The molecule has 1 unspecified atom stereocenters. The van der Waals surface area contributed by atoms with Gasteiger partial charge in [-0.25, -0.2) is 0 Å². The molecule has 1 atom stereocenters. The van der Waals surface area contributed by atoms with Crippen LogP contribution in [0.1, 0.15) is 93.6 Å². The molecule has 3 aliphatic heterocycles. The molecule has 3 aliphatic rings. The Morgan fingerprint density at radius 3 is 1.43 bits per heavy atom. The van der Waals surface area contributed by atoms with E-state index in [0.717, 1.165) is 24.3 Å². The third kappa shape index (κ3) is 14.7. The van der Waals surface area contributed by atoms with Crippen LogP contribution >= 0.6 is 0 Å². The zero-order valence-corrected chi connectivity index (χ0v) is 26.7. The fourth-order valence-corrected chi connectivity index (χ4v) is 6.52. The van der Waals surface area contributed by atoms with Gasteiger partial charge in [-0.3, -0.25) is 4.90 Å². The number of rotatable bonds is 5. The SMILES string of the molecule is CC(C)(C)CC1CN(Cc2ccccc2)C1.CN1CC(CC(C)(C)C)C1.CN1CCC(CC(C)(C)C)C1. The summed E-state index contributed by atoms with van der Waals surface area (Å²) in [4.78, 5) is 7.37. The Kier molecular flexibility index (Phi) is 12.2. The molecule has 3 heteroatoms. The predicted octanol–water partition coefficient (Wildman–Crippen LogP) is 7.91. The normalized spacial score (nSPS) is 22.4. The average molecular weight is 514 g/mol. The van der Waals surface area contributed by atoms with Crippen LogP contribution in [0, 0.1) is 34.0 Å². The fraction of sp³-hybridized carbons (Fsp3) is 0.824. The first-order valence-corrected chi connectivity index (χ1v) is 15.1. The van der Waals surface area contributed by atoms with Gasteiger partial charge in [-0.05, 0) is 85.9 Å². The molecule has 0 aromatic heterocycles. The van der Waals surface area contributed by atoms with E-state index in [1.54, 1.807) is 0 Å². The lowest BCUT2D eigenvalue weighted by Gasteiger charge is -2.42. The number of hydrogen-bond acceptors (Lipinski definition) is 3. The minimum absolute atomic E-state index is 0.490. The lowest BCUT2D eigenvalue weighted by Crippen LogP contribution is -2.47. The second-order valence-electron chi connectivity index (χ2n) is 16.3. The fourth-order valence-electron chi connectivity index (χ4n) is 6.52. The van der Waals surface area contributed by atoms with Crippen molar-refractivity contribution in [1.82, 2.24) is 14.7 Å². The number of nitrogens with zero attached hydrogens (tertiary/aromatic N) is 3. The highest BCUT2D eigenvalue weighted by atomic mass is 15.2. The molecule has 0 amide bonds. The number of hydrogen-bond donors (Lipinski definition) is 0. The highest BCUT2D eigenvalue weighted by Gasteiger charge is 2.30. The highest BCUT2D eigenvalue weighted by Crippen LogP contribution is 2.31. The molecule has 37 heavy (non-hydrogen) atoms. The van der Waals surface area contributed by atoms with Gasteiger partial charge in [-0.1, -0.05) is 92.6 Å². The van der Waals surface area contributed by atoms with Crippen LogP contribution in [-0.4, -0.2) is 68.1 Å². The molecule has 1 aromatic carbocycles. The molecule has 1 aromatic rings. The minimum atomic E-state index is 0.490. The van der Waals surface area contributed by atoms with E-state index in [1.165, 1.54) is 70.5 Å². The van der Waals surface area contributed by atoms with Crippen LogP contribution in [0.2, 0.25) is 0 Å². The molecule has 0 bridgehead atoms. The van der Waals surface area contributed by atoms with Crippen molar-refractivity contribution in [3.63, 3.8) is 0 Å². The van der Waals surface area contributed by atoms with Crippen LogP contribution in [-0.2, 0) is 6.54 Å². The van der Waals surface area contributed by atoms with Gasteiger partial charge >= 0.3 is 0 Å². The molecule has 3 fully saturated rings. The molecule has 0 radical (unpaired) electrons. The van der Waals surface area contributed by atoms with Gasteiger partial charge in [0.25, 0.3) is 0 Å². The lowest BCUT2D eigenvalue weighted by atomic mass is 9.81. The number of likely N-dealkylation sites (tertiary alicyclic amines) is 3. The number of benzene rings is 1. The molecule has 214 valence electrons. The summed E-state index contributed by atoms with van der Waals surface area (Å²) in [5.41, 5.74) is 2.99. The van der Waals surface area contributed by atoms with Crippen LogP contribution in [0.3, 0.4) is 0 Å². The second-order valence-corrected chi connectivity index (χ2v) is 16.3. The van der Waals surface area contributed by atoms with Crippen molar-refractivity contribution >= 4 is 0 Å². The van der Waals surface area contributed by atoms with Gasteiger partial charge in [0.2, 0.25) is 0 Å². The van der Waals surface area contributed by atoms with Crippen molar-refractivity contribution in [1.29, 1.82) is 0 Å². The first kappa shape index (κ1) is 32.3. The third-order valence-corrected chi connectivity index (χ3v) is 7.61. The summed E-state index contributed by atoms with van der Waals surface area (Å²) >= 11 is 0. The van der Waals surface area contributed by atoms with Gasteiger partial charge in [-0.2, -0.15) is 0 Å². The van der Waals surface area contributed by atoms with Crippen LogP contribution in [0.15, 0.2) is 30.3 Å². The summed E-state index contributed by atoms with van der Waals surface area (Å²) in [7, 11) is 4.42. The highest BCUT2D eigenvalue weighted by molar-refractivity contribution is 5.14. The van der Waals surface area contributed by atoms with Crippen LogP contribution in [0.4, 0.5) is 0 Å². The van der Waals surface area contributed by atoms with E-state index >= 15 is 0 Å². The molecule has 0 N–H and O–H groups in total. The molecule has 3 nitrogen and oxygen atoms in total. The zero-order valence-electron chi connectivity index (χ0n) is 26.7. The maximum absolute atomic E-state index is 2.55. The van der Waals surface area contributed by atoms with E-state index < -0.39 is 0 Å². The van der Waals surface area contributed by atoms with Crippen molar-refractivity contribution in [2.45, 2.75) is 94.5 Å². The quantitative estimate of drug-likeness (QED) is 0.396. The van der Waals surface area contributed by atoms with Crippen molar-refractivity contribution < 1.29 is 0 Å². The molecule has 4 rings (SSSR count). The Balaban J connectivity index is 0.000000203. The minimum Gasteiger partial charge on any atom is -0.306 e. The summed E-state index contributed by atoms with van der Waals surface area (Å²) in [6.07, 6.45) is 5.54. The largest absolute Gasteiger partial charge is 0.306 e. The summed E-state index contributed by atoms with van der Waals surface area (Å²) in [5.74, 6) is 2.86. The first-order valence-electron chi connectivity index (χ1n) is 15.1. The molecule has 0 spiro atoms. The van der Waals surface area contributed by atoms with E-state index in [-0.39, 0.29) is 0 Å². The summed E-state index contributed by atoms with van der Waals surface area (Å²) in [6, 6.07) is 10.8. The molecular weight excluding hydrogens is 450 g/mol. The van der Waals surface area contributed by atoms with Gasteiger partial charge in [0.05, 0.1) is 0 Å². The second kappa shape index (κ2) is 13.9. The van der Waals surface area contributed by atoms with E-state index in [2.05, 4.69) is 121 Å². The Bertz CT molecular complexity index is 740. The summed E-state index contributed by atoms with van der Waals surface area (Å²) < 4.78 is 0. The van der Waals surface area contributed by atoms with E-state index in [1.807, 2.05) is 0 Å². The van der Waals surface area contributed by atoms with Crippen molar-refractivity contribution in [2.75, 3.05) is 53.4 Å². The smallest absolute Gasteiger partial charge is 0.0233 e. The Labute approximate surface area is 232 Å². The van der Waals surface area contributed by atoms with E-state index in [0.29, 0.717) is 16.2 Å². The molecular formula is C34H63N3. The molecule has 0 aliphatic carbocycles. The van der Waals surface area contributed by atoms with Gasteiger partial charge in [0, 0.05) is 39.3 Å². The van der Waals surface area contributed by atoms with Crippen molar-refractivity contribution in [3.8, 4) is 0 Å². The lowest BCUT2D eigenvalue weighted by molar-refractivity contribution is 0.0626. The maximum Gasteiger partial charge on any atom is 0.0233 e.